The van der Waals surface area contributed by atoms with Crippen molar-refractivity contribution in [2.75, 3.05) is 32.8 Å². The van der Waals surface area contributed by atoms with Crippen molar-refractivity contribution in [3.63, 3.8) is 0 Å². The van der Waals surface area contributed by atoms with Crippen molar-refractivity contribution in [3.8, 4) is 0 Å². The summed E-state index contributed by atoms with van der Waals surface area (Å²) in [5.74, 6) is 0.153. The van der Waals surface area contributed by atoms with E-state index in [9.17, 15) is 14.0 Å². The molecular weight excluding hydrogens is 457 g/mol. The molecule has 0 unspecified atom stereocenters. The minimum absolute atomic E-state index is 0.0241. The Kier molecular flexibility index (Phi) is 9.87. The van der Waals surface area contributed by atoms with Gasteiger partial charge in [-0.1, -0.05) is 42.5 Å². The smallest absolute Gasteiger partial charge is 0.224 e. The highest BCUT2D eigenvalue weighted by Crippen LogP contribution is 2.23. The van der Waals surface area contributed by atoms with Crippen molar-refractivity contribution in [1.82, 2.24) is 15.5 Å². The van der Waals surface area contributed by atoms with Crippen molar-refractivity contribution in [2.24, 2.45) is 5.92 Å². The standard InChI is InChI=1S/C29H38FN3O3/c30-25-8-4-7-24(21-25)27(32-29(35)20-23-12-17-36-18-13-23)11-16-33-14-9-26(10-15-33)31-28(34)19-22-5-2-1-3-6-22/h1-8,21,23,26-27H,9-20H2,(H,31,34)(H,32,35)/t27-/m0/s1. The summed E-state index contributed by atoms with van der Waals surface area (Å²) >= 11 is 0. The van der Waals surface area contributed by atoms with Gasteiger partial charge in [0, 0.05) is 45.3 Å². The van der Waals surface area contributed by atoms with E-state index in [2.05, 4.69) is 15.5 Å². The number of hydrogen-bond acceptors (Lipinski definition) is 4. The highest BCUT2D eigenvalue weighted by molar-refractivity contribution is 5.78. The quantitative estimate of drug-likeness (QED) is 0.523. The van der Waals surface area contributed by atoms with E-state index in [1.54, 1.807) is 6.07 Å². The van der Waals surface area contributed by atoms with Crippen LogP contribution in [-0.4, -0.2) is 55.6 Å². The summed E-state index contributed by atoms with van der Waals surface area (Å²) in [6, 6.07) is 16.3. The first-order chi connectivity index (χ1) is 17.5. The van der Waals surface area contributed by atoms with E-state index in [1.807, 2.05) is 36.4 Å². The Morgan fingerprint density at radius 2 is 1.72 bits per heavy atom. The molecule has 2 aromatic carbocycles. The third-order valence-electron chi connectivity index (χ3n) is 7.30. The van der Waals surface area contributed by atoms with Crippen LogP contribution >= 0.6 is 0 Å². The molecule has 0 aliphatic carbocycles. The lowest BCUT2D eigenvalue weighted by atomic mass is 9.95. The number of hydrogen-bond donors (Lipinski definition) is 2. The molecule has 36 heavy (non-hydrogen) atoms. The molecule has 0 spiro atoms. The lowest BCUT2D eigenvalue weighted by Gasteiger charge is -2.33. The zero-order valence-corrected chi connectivity index (χ0v) is 21.0. The third-order valence-corrected chi connectivity index (χ3v) is 7.30. The average Bonchev–Trinajstić information content (AvgIpc) is 2.88. The van der Waals surface area contributed by atoms with Crippen LogP contribution in [0.4, 0.5) is 4.39 Å². The highest BCUT2D eigenvalue weighted by Gasteiger charge is 2.24. The number of rotatable bonds is 10. The number of ether oxygens (including phenoxy) is 1. The maximum Gasteiger partial charge on any atom is 0.224 e. The Morgan fingerprint density at radius 3 is 2.44 bits per heavy atom. The number of piperidine rings is 1. The number of nitrogens with one attached hydrogen (secondary N) is 2. The molecule has 194 valence electrons. The maximum absolute atomic E-state index is 13.9. The summed E-state index contributed by atoms with van der Waals surface area (Å²) in [6.07, 6.45) is 5.24. The first-order valence-corrected chi connectivity index (χ1v) is 13.2. The molecule has 2 N–H and O–H groups in total. The molecule has 2 aromatic rings. The Bertz CT molecular complexity index is 973. The van der Waals surface area contributed by atoms with Crippen LogP contribution in [0.2, 0.25) is 0 Å². The number of carbonyl (C=O) groups excluding carboxylic acids is 2. The molecule has 2 heterocycles. The van der Waals surface area contributed by atoms with E-state index in [1.165, 1.54) is 12.1 Å². The van der Waals surface area contributed by atoms with Gasteiger partial charge in [0.15, 0.2) is 0 Å². The summed E-state index contributed by atoms with van der Waals surface area (Å²) in [4.78, 5) is 27.6. The lowest BCUT2D eigenvalue weighted by Crippen LogP contribution is -2.45. The number of benzene rings is 2. The molecule has 1 atom stereocenters. The average molecular weight is 496 g/mol. The molecule has 4 rings (SSSR count). The van der Waals surface area contributed by atoms with Gasteiger partial charge in [-0.2, -0.15) is 0 Å². The molecule has 0 bridgehead atoms. The second-order valence-corrected chi connectivity index (χ2v) is 10.1. The summed E-state index contributed by atoms with van der Waals surface area (Å²) in [5, 5.41) is 6.35. The van der Waals surface area contributed by atoms with Gasteiger partial charge in [-0.05, 0) is 61.3 Å². The van der Waals surface area contributed by atoms with Gasteiger partial charge in [-0.3, -0.25) is 9.59 Å². The number of nitrogens with zero attached hydrogens (tertiary/aromatic N) is 1. The second kappa shape index (κ2) is 13.5. The predicted octanol–water partition coefficient (Wildman–Crippen LogP) is 4.01. The predicted molar refractivity (Wildman–Crippen MR) is 138 cm³/mol. The van der Waals surface area contributed by atoms with Crippen LogP contribution < -0.4 is 10.6 Å². The van der Waals surface area contributed by atoms with Gasteiger partial charge in [-0.15, -0.1) is 0 Å². The molecule has 2 saturated heterocycles. The first-order valence-electron chi connectivity index (χ1n) is 13.2. The van der Waals surface area contributed by atoms with Gasteiger partial charge in [0.1, 0.15) is 5.82 Å². The van der Waals surface area contributed by atoms with Crippen LogP contribution in [0, 0.1) is 11.7 Å². The van der Waals surface area contributed by atoms with Crippen molar-refractivity contribution in [3.05, 3.63) is 71.5 Å². The molecule has 0 radical (unpaired) electrons. The van der Waals surface area contributed by atoms with Crippen LogP contribution in [-0.2, 0) is 20.7 Å². The number of amides is 2. The largest absolute Gasteiger partial charge is 0.381 e. The molecule has 0 saturated carbocycles. The molecular formula is C29H38FN3O3. The van der Waals surface area contributed by atoms with Gasteiger partial charge in [-0.25, -0.2) is 4.39 Å². The highest BCUT2D eigenvalue weighted by atomic mass is 19.1. The van der Waals surface area contributed by atoms with Crippen LogP contribution in [0.25, 0.3) is 0 Å². The number of likely N-dealkylation sites (tertiary alicyclic amines) is 1. The van der Waals surface area contributed by atoms with Gasteiger partial charge in [0.25, 0.3) is 0 Å². The molecule has 2 aliphatic rings. The van der Waals surface area contributed by atoms with E-state index < -0.39 is 0 Å². The van der Waals surface area contributed by atoms with Gasteiger partial charge < -0.3 is 20.3 Å². The topological polar surface area (TPSA) is 70.7 Å². The van der Waals surface area contributed by atoms with Crippen LogP contribution in [0.3, 0.4) is 0 Å². The maximum atomic E-state index is 13.9. The second-order valence-electron chi connectivity index (χ2n) is 10.1. The van der Waals surface area contributed by atoms with Gasteiger partial charge in [0.05, 0.1) is 12.5 Å². The minimum Gasteiger partial charge on any atom is -0.381 e. The Balaban J connectivity index is 1.24. The van der Waals surface area contributed by atoms with Gasteiger partial charge >= 0.3 is 0 Å². The summed E-state index contributed by atoms with van der Waals surface area (Å²) in [5.41, 5.74) is 1.83. The zero-order chi connectivity index (χ0) is 25.2. The Morgan fingerprint density at radius 1 is 0.972 bits per heavy atom. The van der Waals surface area contributed by atoms with Crippen LogP contribution in [0.1, 0.15) is 55.7 Å². The zero-order valence-electron chi connectivity index (χ0n) is 21.0. The molecule has 2 amide bonds. The summed E-state index contributed by atoms with van der Waals surface area (Å²) in [7, 11) is 0. The van der Waals surface area contributed by atoms with Crippen LogP contribution in [0.5, 0.6) is 0 Å². The van der Waals surface area contributed by atoms with Gasteiger partial charge in [0.2, 0.25) is 11.8 Å². The summed E-state index contributed by atoms with van der Waals surface area (Å²) < 4.78 is 19.3. The van der Waals surface area contributed by atoms with E-state index in [4.69, 9.17) is 4.74 Å². The Labute approximate surface area is 213 Å². The monoisotopic (exact) mass is 495 g/mol. The molecule has 0 aromatic heterocycles. The van der Waals surface area contributed by atoms with E-state index in [0.717, 1.165) is 56.4 Å². The van der Waals surface area contributed by atoms with E-state index in [0.29, 0.717) is 38.4 Å². The third kappa shape index (κ3) is 8.42. The Hall–Kier alpha value is -2.77. The van der Waals surface area contributed by atoms with E-state index >= 15 is 0 Å². The fourth-order valence-electron chi connectivity index (χ4n) is 5.18. The minimum atomic E-state index is -0.289. The number of carbonyl (C=O) groups is 2. The van der Waals surface area contributed by atoms with Crippen LogP contribution in [0.15, 0.2) is 54.6 Å². The van der Waals surface area contributed by atoms with Crippen molar-refractivity contribution < 1.29 is 18.7 Å². The lowest BCUT2D eigenvalue weighted by molar-refractivity contribution is -0.123. The normalized spacial score (nSPS) is 18.5. The molecule has 2 fully saturated rings. The first kappa shape index (κ1) is 26.3. The molecule has 6 nitrogen and oxygen atoms in total. The summed E-state index contributed by atoms with van der Waals surface area (Å²) in [6.45, 7) is 4.02. The molecule has 7 heteroatoms. The molecule has 2 aliphatic heterocycles. The van der Waals surface area contributed by atoms with Crippen molar-refractivity contribution in [1.29, 1.82) is 0 Å². The fourth-order valence-corrected chi connectivity index (χ4v) is 5.18. The fraction of sp³-hybridized carbons (Fsp3) is 0.517. The number of halogens is 1. The van der Waals surface area contributed by atoms with E-state index in [-0.39, 0.29) is 29.7 Å². The van der Waals surface area contributed by atoms with Crippen molar-refractivity contribution in [2.45, 2.75) is 57.0 Å². The van der Waals surface area contributed by atoms with Crippen molar-refractivity contribution >= 4 is 11.8 Å². The SMILES string of the molecule is O=C(Cc1ccccc1)NC1CCN(CC[C@H](NC(=O)CC2CCOCC2)c2cccc(F)c2)CC1.